The molecule has 0 bridgehead atoms. The fourth-order valence-electron chi connectivity index (χ4n) is 5.04. The minimum atomic E-state index is -0.275. The van der Waals surface area contributed by atoms with Crippen LogP contribution < -0.4 is 0 Å². The zero-order valence-corrected chi connectivity index (χ0v) is 22.2. The van der Waals surface area contributed by atoms with Crippen molar-refractivity contribution in [3.63, 3.8) is 0 Å². The lowest BCUT2D eigenvalue weighted by Crippen LogP contribution is -2.34. The molecular weight excluding hydrogens is 438 g/mol. The molecule has 34 heavy (non-hydrogen) atoms. The maximum Gasteiger partial charge on any atom is 0.338 e. The number of hydrogen-bond donors (Lipinski definition) is 0. The van der Waals surface area contributed by atoms with Gasteiger partial charge >= 0.3 is 5.97 Å². The maximum atomic E-state index is 12.0. The standard InChI is InChI=1S/C30H37NO2S/c1-7-33-28(32)22-11-8-21(9-12-22)10-13-23-18-25-26(30(5,6)15-14-29(25,3)4)19-24(23)20(2)27-31-16-17-34-27/h8-13,18-20H,7,14-17H2,1-6H3/b13-10+. The molecule has 0 saturated carbocycles. The molecule has 0 spiro atoms. The highest BCUT2D eigenvalue weighted by Gasteiger charge is 2.38. The summed E-state index contributed by atoms with van der Waals surface area (Å²) in [6, 6.07) is 12.5. The van der Waals surface area contributed by atoms with Crippen LogP contribution in [-0.2, 0) is 15.6 Å². The average molecular weight is 476 g/mol. The smallest absolute Gasteiger partial charge is 0.338 e. The van der Waals surface area contributed by atoms with Gasteiger partial charge in [0, 0.05) is 18.2 Å². The van der Waals surface area contributed by atoms with Crippen molar-refractivity contribution in [3.05, 3.63) is 69.8 Å². The molecule has 3 nitrogen and oxygen atoms in total. The van der Waals surface area contributed by atoms with Gasteiger partial charge in [0.2, 0.25) is 0 Å². The summed E-state index contributed by atoms with van der Waals surface area (Å²) < 4.78 is 5.11. The van der Waals surface area contributed by atoms with E-state index in [0.29, 0.717) is 12.2 Å². The van der Waals surface area contributed by atoms with Gasteiger partial charge in [-0.2, -0.15) is 0 Å². The predicted molar refractivity (Wildman–Crippen MR) is 146 cm³/mol. The molecule has 1 unspecified atom stereocenters. The van der Waals surface area contributed by atoms with E-state index in [1.54, 1.807) is 0 Å². The van der Waals surface area contributed by atoms with E-state index in [4.69, 9.17) is 9.73 Å². The molecule has 0 fully saturated rings. The average Bonchev–Trinajstić information content (AvgIpc) is 3.35. The van der Waals surface area contributed by atoms with Crippen molar-refractivity contribution in [2.45, 2.75) is 71.1 Å². The highest BCUT2D eigenvalue weighted by Crippen LogP contribution is 2.48. The van der Waals surface area contributed by atoms with Crippen LogP contribution in [0.5, 0.6) is 0 Å². The van der Waals surface area contributed by atoms with Gasteiger partial charge in [0.05, 0.1) is 17.2 Å². The van der Waals surface area contributed by atoms with Crippen molar-refractivity contribution in [1.29, 1.82) is 0 Å². The van der Waals surface area contributed by atoms with Crippen LogP contribution in [0.2, 0.25) is 0 Å². The third-order valence-electron chi connectivity index (χ3n) is 7.38. The Morgan fingerprint density at radius 2 is 1.71 bits per heavy atom. The fourth-order valence-corrected chi connectivity index (χ4v) is 6.00. The van der Waals surface area contributed by atoms with Crippen LogP contribution >= 0.6 is 11.8 Å². The number of aliphatic imine (C=N–C) groups is 1. The molecular formula is C30H37NO2S. The van der Waals surface area contributed by atoms with Gasteiger partial charge in [-0.3, -0.25) is 4.99 Å². The van der Waals surface area contributed by atoms with E-state index < -0.39 is 0 Å². The molecule has 0 radical (unpaired) electrons. The molecule has 180 valence electrons. The summed E-state index contributed by atoms with van der Waals surface area (Å²) in [5, 5.41) is 1.25. The summed E-state index contributed by atoms with van der Waals surface area (Å²) in [5.41, 5.74) is 7.58. The number of hydrogen-bond acceptors (Lipinski definition) is 4. The van der Waals surface area contributed by atoms with Crippen LogP contribution in [0, 0.1) is 0 Å². The molecule has 1 aliphatic heterocycles. The number of esters is 1. The summed E-state index contributed by atoms with van der Waals surface area (Å²) in [4.78, 5) is 16.8. The van der Waals surface area contributed by atoms with E-state index >= 15 is 0 Å². The minimum Gasteiger partial charge on any atom is -0.462 e. The Kier molecular flexibility index (Phi) is 7.09. The molecule has 4 heteroatoms. The Morgan fingerprint density at radius 3 is 2.29 bits per heavy atom. The summed E-state index contributed by atoms with van der Waals surface area (Å²) in [7, 11) is 0. The van der Waals surface area contributed by atoms with E-state index in [-0.39, 0.29) is 22.7 Å². The van der Waals surface area contributed by atoms with Gasteiger partial charge < -0.3 is 4.74 Å². The van der Waals surface area contributed by atoms with Crippen molar-refractivity contribution in [1.82, 2.24) is 0 Å². The second kappa shape index (κ2) is 9.73. The fraction of sp³-hybridized carbons (Fsp3) is 0.467. The molecule has 2 aromatic carbocycles. The largest absolute Gasteiger partial charge is 0.462 e. The third kappa shape index (κ3) is 5.02. The second-order valence-corrected chi connectivity index (χ2v) is 11.9. The molecule has 1 aliphatic carbocycles. The SMILES string of the molecule is CCOC(=O)c1ccc(/C=C/c2cc3c(cc2C(C)C2=NCCS2)C(C)(C)CCC3(C)C)cc1. The molecule has 0 saturated heterocycles. The van der Waals surface area contributed by atoms with Gasteiger partial charge in [-0.05, 0) is 70.5 Å². The van der Waals surface area contributed by atoms with Crippen LogP contribution in [0.4, 0.5) is 0 Å². The molecule has 1 heterocycles. The molecule has 0 aromatic heterocycles. The maximum absolute atomic E-state index is 12.0. The lowest BCUT2D eigenvalue weighted by molar-refractivity contribution is 0.0526. The number of carbonyl (C=O) groups is 1. The van der Waals surface area contributed by atoms with Gasteiger partial charge in [-0.15, -0.1) is 11.8 Å². The Hall–Kier alpha value is -2.33. The number of rotatable bonds is 6. The first-order chi connectivity index (χ1) is 16.1. The van der Waals surface area contributed by atoms with Gasteiger partial charge in [0.1, 0.15) is 0 Å². The highest BCUT2D eigenvalue weighted by atomic mass is 32.2. The van der Waals surface area contributed by atoms with E-state index in [9.17, 15) is 4.79 Å². The van der Waals surface area contributed by atoms with Crippen LogP contribution in [-0.4, -0.2) is 29.9 Å². The number of thioether (sulfide) groups is 1. The van der Waals surface area contributed by atoms with E-state index in [1.807, 2.05) is 43.0 Å². The van der Waals surface area contributed by atoms with E-state index in [1.165, 1.54) is 40.1 Å². The Balaban J connectivity index is 1.75. The Morgan fingerprint density at radius 1 is 1.06 bits per heavy atom. The molecule has 0 N–H and O–H groups in total. The van der Waals surface area contributed by atoms with Crippen LogP contribution in [0.3, 0.4) is 0 Å². The van der Waals surface area contributed by atoms with Crippen molar-refractivity contribution < 1.29 is 9.53 Å². The Bertz CT molecular complexity index is 1130. The van der Waals surface area contributed by atoms with Gasteiger partial charge in [-0.25, -0.2) is 4.79 Å². The molecule has 1 atom stereocenters. The van der Waals surface area contributed by atoms with Crippen molar-refractivity contribution in [2.24, 2.45) is 4.99 Å². The summed E-state index contributed by atoms with van der Waals surface area (Å²) in [6.45, 7) is 15.0. The molecule has 4 rings (SSSR count). The third-order valence-corrected chi connectivity index (χ3v) is 8.54. The van der Waals surface area contributed by atoms with Crippen molar-refractivity contribution in [3.8, 4) is 0 Å². The van der Waals surface area contributed by atoms with Crippen molar-refractivity contribution >= 4 is 34.9 Å². The molecule has 2 aromatic rings. The minimum absolute atomic E-state index is 0.163. The zero-order chi connectivity index (χ0) is 24.5. The van der Waals surface area contributed by atoms with Crippen molar-refractivity contribution in [2.75, 3.05) is 18.9 Å². The van der Waals surface area contributed by atoms with Gasteiger partial charge in [0.15, 0.2) is 0 Å². The number of nitrogens with zero attached hydrogens (tertiary/aromatic N) is 1. The van der Waals surface area contributed by atoms with Crippen LogP contribution in [0.1, 0.15) is 98.5 Å². The summed E-state index contributed by atoms with van der Waals surface area (Å²) in [5.74, 6) is 1.09. The van der Waals surface area contributed by atoms with Crippen LogP contribution in [0.15, 0.2) is 41.4 Å². The highest BCUT2D eigenvalue weighted by molar-refractivity contribution is 8.14. The first kappa shape index (κ1) is 24.8. The summed E-state index contributed by atoms with van der Waals surface area (Å²) >= 11 is 1.90. The Labute approximate surface area is 209 Å². The second-order valence-electron chi connectivity index (χ2n) is 10.8. The van der Waals surface area contributed by atoms with E-state index in [2.05, 4.69) is 58.9 Å². The predicted octanol–water partition coefficient (Wildman–Crippen LogP) is 7.63. The monoisotopic (exact) mass is 475 g/mol. The number of carbonyl (C=O) groups excluding carboxylic acids is 1. The van der Waals surface area contributed by atoms with Gasteiger partial charge in [0.25, 0.3) is 0 Å². The summed E-state index contributed by atoms with van der Waals surface area (Å²) in [6.07, 6.45) is 6.79. The lowest BCUT2D eigenvalue weighted by atomic mass is 9.62. The van der Waals surface area contributed by atoms with Crippen LogP contribution in [0.25, 0.3) is 12.2 Å². The number of ether oxygens (including phenoxy) is 1. The topological polar surface area (TPSA) is 38.7 Å². The normalized spacial score (nSPS) is 19.5. The molecule has 2 aliphatic rings. The number of fused-ring (bicyclic) bond motifs is 1. The first-order valence-corrected chi connectivity index (χ1v) is 13.4. The van der Waals surface area contributed by atoms with E-state index in [0.717, 1.165) is 17.9 Å². The quantitative estimate of drug-likeness (QED) is 0.318. The molecule has 0 amide bonds. The van der Waals surface area contributed by atoms with Gasteiger partial charge in [-0.1, -0.05) is 71.0 Å². The zero-order valence-electron chi connectivity index (χ0n) is 21.4. The number of benzene rings is 2. The first-order valence-electron chi connectivity index (χ1n) is 12.4. The lowest BCUT2D eigenvalue weighted by Gasteiger charge is -2.42.